The van der Waals surface area contributed by atoms with Crippen molar-refractivity contribution in [1.29, 1.82) is 0 Å². The van der Waals surface area contributed by atoms with E-state index in [2.05, 4.69) is 27.5 Å². The van der Waals surface area contributed by atoms with Crippen LogP contribution in [0, 0.1) is 0 Å². The number of carbonyl (C=O) groups is 1. The Morgan fingerprint density at radius 1 is 1.44 bits per heavy atom. The van der Waals surface area contributed by atoms with Crippen LogP contribution in [-0.2, 0) is 11.2 Å². The van der Waals surface area contributed by atoms with E-state index in [0.717, 1.165) is 24.5 Å². The van der Waals surface area contributed by atoms with Crippen LogP contribution in [0.25, 0.3) is 0 Å². The summed E-state index contributed by atoms with van der Waals surface area (Å²) in [6, 6.07) is 1.77. The Bertz CT molecular complexity index is 407. The summed E-state index contributed by atoms with van der Waals surface area (Å²) in [6.07, 6.45) is 2.10. The molecule has 6 heteroatoms. The molecule has 18 heavy (non-hydrogen) atoms. The molecule has 6 nitrogen and oxygen atoms in total. The Morgan fingerprint density at radius 3 is 2.67 bits per heavy atom. The fraction of sp³-hybridized carbons (Fsp3) is 0.583. The molecule has 0 radical (unpaired) electrons. The topological polar surface area (TPSA) is 92.9 Å². The highest BCUT2D eigenvalue weighted by atomic mass is 16.1. The van der Waals surface area contributed by atoms with E-state index in [4.69, 9.17) is 5.73 Å². The van der Waals surface area contributed by atoms with Crippen molar-refractivity contribution in [2.75, 3.05) is 17.7 Å². The van der Waals surface area contributed by atoms with Gasteiger partial charge < -0.3 is 16.4 Å². The fourth-order valence-corrected chi connectivity index (χ4v) is 1.64. The number of nitrogens with one attached hydrogen (secondary N) is 2. The van der Waals surface area contributed by atoms with E-state index < -0.39 is 0 Å². The van der Waals surface area contributed by atoms with Gasteiger partial charge in [-0.2, -0.15) is 0 Å². The summed E-state index contributed by atoms with van der Waals surface area (Å²) < 4.78 is 0. The highest BCUT2D eigenvalue weighted by molar-refractivity contribution is 5.74. The largest absolute Gasteiger partial charge is 0.373 e. The first-order valence-electron chi connectivity index (χ1n) is 6.15. The molecule has 0 aliphatic carbocycles. The van der Waals surface area contributed by atoms with E-state index in [0.29, 0.717) is 5.82 Å². The molecule has 0 fully saturated rings. The van der Waals surface area contributed by atoms with Crippen molar-refractivity contribution < 1.29 is 4.79 Å². The number of primary amides is 1. The lowest BCUT2D eigenvalue weighted by Gasteiger charge is -2.14. The number of amides is 1. The van der Waals surface area contributed by atoms with Crippen LogP contribution >= 0.6 is 0 Å². The maximum Gasteiger partial charge on any atom is 0.219 e. The average Bonchev–Trinajstić information content (AvgIpc) is 2.27. The molecule has 1 aromatic rings. The Labute approximate surface area is 107 Å². The zero-order chi connectivity index (χ0) is 13.5. The number of hydrogen-bond acceptors (Lipinski definition) is 5. The van der Waals surface area contributed by atoms with Crippen LogP contribution in [0.1, 0.15) is 32.5 Å². The van der Waals surface area contributed by atoms with Gasteiger partial charge in [0, 0.05) is 32.0 Å². The van der Waals surface area contributed by atoms with Gasteiger partial charge in [-0.1, -0.05) is 6.92 Å². The Morgan fingerprint density at radius 2 is 2.11 bits per heavy atom. The smallest absolute Gasteiger partial charge is 0.219 e. The minimum absolute atomic E-state index is 0.0448. The summed E-state index contributed by atoms with van der Waals surface area (Å²) in [5, 5.41) is 6.15. The standard InChI is InChI=1S/C12H21N5O/c1-4-5-10-16-11(14-3)7-12(17-10)15-8(2)6-9(13)18/h7-8H,4-6H2,1-3H3,(H2,13,18)(H2,14,15,16,17). The van der Waals surface area contributed by atoms with Gasteiger partial charge in [-0.05, 0) is 13.3 Å². The van der Waals surface area contributed by atoms with Crippen molar-refractivity contribution in [2.45, 2.75) is 39.2 Å². The number of aromatic nitrogens is 2. The molecule has 0 spiro atoms. The van der Waals surface area contributed by atoms with Crippen LogP contribution in [0.15, 0.2) is 6.07 Å². The zero-order valence-corrected chi connectivity index (χ0v) is 11.2. The summed E-state index contributed by atoms with van der Waals surface area (Å²) in [5.41, 5.74) is 5.16. The van der Waals surface area contributed by atoms with Crippen LogP contribution in [0.5, 0.6) is 0 Å². The molecule has 1 atom stereocenters. The van der Waals surface area contributed by atoms with Crippen LogP contribution < -0.4 is 16.4 Å². The molecular formula is C12H21N5O. The van der Waals surface area contributed by atoms with Gasteiger partial charge in [0.2, 0.25) is 5.91 Å². The summed E-state index contributed by atoms with van der Waals surface area (Å²) in [4.78, 5) is 19.6. The molecule has 1 aromatic heterocycles. The van der Waals surface area contributed by atoms with Gasteiger partial charge in [0.15, 0.2) is 0 Å². The maximum absolute atomic E-state index is 10.8. The number of carbonyl (C=O) groups excluding carboxylic acids is 1. The second kappa shape index (κ2) is 6.78. The third kappa shape index (κ3) is 4.57. The third-order valence-electron chi connectivity index (χ3n) is 2.40. The predicted molar refractivity (Wildman–Crippen MR) is 72.5 cm³/mol. The SMILES string of the molecule is CCCc1nc(NC)cc(NC(C)CC(N)=O)n1. The summed E-state index contributed by atoms with van der Waals surface area (Å²) in [5.74, 6) is 1.94. The molecule has 0 aliphatic heterocycles. The zero-order valence-electron chi connectivity index (χ0n) is 11.2. The molecule has 0 bridgehead atoms. The van der Waals surface area contributed by atoms with Crippen molar-refractivity contribution in [3.63, 3.8) is 0 Å². The van der Waals surface area contributed by atoms with Crippen LogP contribution in [0.4, 0.5) is 11.6 Å². The lowest BCUT2D eigenvalue weighted by molar-refractivity contribution is -0.118. The fourth-order valence-electron chi connectivity index (χ4n) is 1.64. The van der Waals surface area contributed by atoms with E-state index in [-0.39, 0.29) is 18.4 Å². The van der Waals surface area contributed by atoms with E-state index >= 15 is 0 Å². The maximum atomic E-state index is 10.8. The molecule has 1 amide bonds. The van der Waals surface area contributed by atoms with E-state index in [1.165, 1.54) is 0 Å². The molecule has 0 saturated carbocycles. The van der Waals surface area contributed by atoms with Crippen LogP contribution in [-0.4, -0.2) is 29.0 Å². The van der Waals surface area contributed by atoms with E-state index in [9.17, 15) is 4.79 Å². The number of anilines is 2. The molecule has 1 heterocycles. The first kappa shape index (κ1) is 14.2. The third-order valence-corrected chi connectivity index (χ3v) is 2.40. The Kier molecular flexibility index (Phi) is 5.35. The number of nitrogens with zero attached hydrogens (tertiary/aromatic N) is 2. The lowest BCUT2D eigenvalue weighted by Crippen LogP contribution is -2.24. The molecule has 1 unspecified atom stereocenters. The normalized spacial score (nSPS) is 11.9. The van der Waals surface area contributed by atoms with Crippen molar-refractivity contribution in [1.82, 2.24) is 9.97 Å². The molecule has 100 valence electrons. The molecule has 0 aromatic carbocycles. The minimum atomic E-state index is -0.327. The van der Waals surface area contributed by atoms with Crippen molar-refractivity contribution in [2.24, 2.45) is 5.73 Å². The van der Waals surface area contributed by atoms with Gasteiger partial charge in [0.25, 0.3) is 0 Å². The second-order valence-corrected chi connectivity index (χ2v) is 4.27. The van der Waals surface area contributed by atoms with Gasteiger partial charge in [0.05, 0.1) is 0 Å². The summed E-state index contributed by atoms with van der Waals surface area (Å²) in [6.45, 7) is 3.98. The molecule has 4 N–H and O–H groups in total. The predicted octanol–water partition coefficient (Wildman–Crippen LogP) is 1.15. The van der Waals surface area contributed by atoms with Gasteiger partial charge >= 0.3 is 0 Å². The van der Waals surface area contributed by atoms with E-state index in [1.54, 1.807) is 0 Å². The lowest BCUT2D eigenvalue weighted by atomic mass is 10.2. The minimum Gasteiger partial charge on any atom is -0.373 e. The van der Waals surface area contributed by atoms with Crippen molar-refractivity contribution >= 4 is 17.5 Å². The second-order valence-electron chi connectivity index (χ2n) is 4.27. The summed E-state index contributed by atoms with van der Waals surface area (Å²) >= 11 is 0. The number of nitrogens with two attached hydrogens (primary N) is 1. The average molecular weight is 251 g/mol. The summed E-state index contributed by atoms with van der Waals surface area (Å²) in [7, 11) is 1.81. The van der Waals surface area contributed by atoms with Crippen LogP contribution in [0.2, 0.25) is 0 Å². The molecular weight excluding hydrogens is 230 g/mol. The first-order chi connectivity index (χ1) is 8.55. The Hall–Kier alpha value is -1.85. The monoisotopic (exact) mass is 251 g/mol. The van der Waals surface area contributed by atoms with Crippen molar-refractivity contribution in [3.8, 4) is 0 Å². The highest BCUT2D eigenvalue weighted by Gasteiger charge is 2.09. The molecule has 0 aliphatic rings. The first-order valence-corrected chi connectivity index (χ1v) is 6.15. The quantitative estimate of drug-likeness (QED) is 0.676. The van der Waals surface area contributed by atoms with Crippen LogP contribution in [0.3, 0.4) is 0 Å². The Balaban J connectivity index is 2.80. The van der Waals surface area contributed by atoms with Gasteiger partial charge in [0.1, 0.15) is 17.5 Å². The van der Waals surface area contributed by atoms with E-state index in [1.807, 2.05) is 20.0 Å². The number of hydrogen-bond donors (Lipinski definition) is 3. The molecule has 0 saturated heterocycles. The highest BCUT2D eigenvalue weighted by Crippen LogP contribution is 2.13. The number of rotatable bonds is 7. The van der Waals surface area contributed by atoms with Gasteiger partial charge in [-0.25, -0.2) is 9.97 Å². The molecule has 1 rings (SSSR count). The van der Waals surface area contributed by atoms with Gasteiger partial charge in [-0.3, -0.25) is 4.79 Å². The number of aryl methyl sites for hydroxylation is 1. The van der Waals surface area contributed by atoms with Crippen molar-refractivity contribution in [3.05, 3.63) is 11.9 Å². The van der Waals surface area contributed by atoms with Gasteiger partial charge in [-0.15, -0.1) is 0 Å².